The molecule has 9 nitrogen and oxygen atoms in total. The van der Waals surface area contributed by atoms with Crippen molar-refractivity contribution in [1.82, 2.24) is 14.8 Å². The van der Waals surface area contributed by atoms with Crippen LogP contribution in [0, 0.1) is 27.3 Å². The first-order valence-corrected chi connectivity index (χ1v) is 8.38. The topological polar surface area (TPSA) is 136 Å². The van der Waals surface area contributed by atoms with Crippen molar-refractivity contribution in [2.24, 2.45) is 0 Å². The van der Waals surface area contributed by atoms with Crippen LogP contribution in [0.5, 0.6) is 0 Å². The largest absolute Gasteiger partial charge is 0.382 e. The Morgan fingerprint density at radius 2 is 2.07 bits per heavy atom. The molecule has 3 N–H and O–H groups in total. The lowest BCUT2D eigenvalue weighted by Gasteiger charge is -2.05. The molecule has 0 saturated carbocycles. The van der Waals surface area contributed by atoms with Gasteiger partial charge in [-0.3, -0.25) is 10.1 Å². The van der Waals surface area contributed by atoms with Crippen molar-refractivity contribution in [2.75, 3.05) is 17.6 Å². The minimum absolute atomic E-state index is 0.106. The van der Waals surface area contributed by atoms with Crippen LogP contribution in [0.3, 0.4) is 0 Å². The quantitative estimate of drug-likeness (QED) is 0.365. The van der Waals surface area contributed by atoms with Gasteiger partial charge in [-0.25, -0.2) is 14.1 Å². The fourth-order valence-corrected chi connectivity index (χ4v) is 2.70. The highest BCUT2D eigenvalue weighted by Crippen LogP contribution is 2.23. The molecule has 28 heavy (non-hydrogen) atoms. The number of anilines is 2. The zero-order valence-corrected chi connectivity index (χ0v) is 14.7. The average Bonchev–Trinajstić information content (AvgIpc) is 3.01. The highest BCUT2D eigenvalue weighted by Gasteiger charge is 2.17. The smallest absolute Gasteiger partial charge is 0.311 e. The van der Waals surface area contributed by atoms with Gasteiger partial charge in [0.2, 0.25) is 5.82 Å². The van der Waals surface area contributed by atoms with Gasteiger partial charge >= 0.3 is 5.69 Å². The number of aryl methyl sites for hydroxylation is 1. The number of nitriles is 1. The van der Waals surface area contributed by atoms with Gasteiger partial charge in [-0.05, 0) is 43.2 Å². The van der Waals surface area contributed by atoms with E-state index in [2.05, 4.69) is 15.4 Å². The molecule has 2 aromatic heterocycles. The molecule has 142 valence electrons. The van der Waals surface area contributed by atoms with E-state index in [9.17, 15) is 19.8 Å². The predicted molar refractivity (Wildman–Crippen MR) is 100 cm³/mol. The normalized spacial score (nSPS) is 10.4. The van der Waals surface area contributed by atoms with Crippen molar-refractivity contribution < 1.29 is 9.31 Å². The molecule has 0 spiro atoms. The Labute approximate surface area is 159 Å². The van der Waals surface area contributed by atoms with Crippen LogP contribution in [0.1, 0.15) is 17.7 Å². The van der Waals surface area contributed by atoms with Gasteiger partial charge in [0.25, 0.3) is 0 Å². The molecular weight excluding hydrogens is 365 g/mol. The summed E-state index contributed by atoms with van der Waals surface area (Å²) in [6.45, 7) is 0.395. The van der Waals surface area contributed by atoms with Crippen LogP contribution in [-0.4, -0.2) is 26.2 Å². The molecule has 0 amide bonds. The van der Waals surface area contributed by atoms with E-state index in [-0.39, 0.29) is 28.7 Å². The molecule has 0 bridgehead atoms. The summed E-state index contributed by atoms with van der Waals surface area (Å²) < 4.78 is 14.5. The maximum atomic E-state index is 13.1. The van der Waals surface area contributed by atoms with Gasteiger partial charge in [0.15, 0.2) is 0 Å². The summed E-state index contributed by atoms with van der Waals surface area (Å²) in [6, 6.07) is 10.5. The van der Waals surface area contributed by atoms with Gasteiger partial charge in [0.1, 0.15) is 23.3 Å². The van der Waals surface area contributed by atoms with Crippen molar-refractivity contribution >= 4 is 17.3 Å². The zero-order valence-electron chi connectivity index (χ0n) is 14.7. The Kier molecular flexibility index (Phi) is 5.45. The molecule has 0 atom stereocenters. The molecular formula is C18H16FN7O2. The highest BCUT2D eigenvalue weighted by atomic mass is 19.1. The molecule has 0 unspecified atom stereocenters. The molecule has 0 aliphatic carbocycles. The van der Waals surface area contributed by atoms with E-state index in [0.29, 0.717) is 30.8 Å². The van der Waals surface area contributed by atoms with Crippen molar-refractivity contribution in [3.05, 3.63) is 69.8 Å². The summed E-state index contributed by atoms with van der Waals surface area (Å²) >= 11 is 0. The van der Waals surface area contributed by atoms with E-state index in [1.165, 1.54) is 47.3 Å². The number of aromatic nitrogens is 3. The molecule has 0 fully saturated rings. The number of nitrogens with two attached hydrogens (primary N) is 1. The van der Waals surface area contributed by atoms with E-state index >= 15 is 0 Å². The highest BCUT2D eigenvalue weighted by molar-refractivity contribution is 5.57. The first-order valence-electron chi connectivity index (χ1n) is 8.38. The fourth-order valence-electron chi connectivity index (χ4n) is 2.70. The standard InChI is InChI=1S/C18H16FN7O2/c19-12-5-7-13(8-6-12)25-17(21)14(11-20)15(24-25)3-1-9-22-18-16(26(27)28)4-2-10-23-18/h2,4-8,10H,1,3,9,21H2,(H,22,23). The Hall–Kier alpha value is -4.00. The minimum Gasteiger partial charge on any atom is -0.382 e. The van der Waals surface area contributed by atoms with Crippen LogP contribution in [0.25, 0.3) is 5.69 Å². The lowest BCUT2D eigenvalue weighted by atomic mass is 10.1. The van der Waals surface area contributed by atoms with Crippen LogP contribution in [0.2, 0.25) is 0 Å². The predicted octanol–water partition coefficient (Wildman–Crippen LogP) is 2.81. The fraction of sp³-hybridized carbons (Fsp3) is 0.167. The third-order valence-corrected chi connectivity index (χ3v) is 4.04. The minimum atomic E-state index is -0.506. The monoisotopic (exact) mass is 381 g/mol. The summed E-state index contributed by atoms with van der Waals surface area (Å²) in [5, 5.41) is 27.7. The molecule has 0 aliphatic rings. The summed E-state index contributed by atoms with van der Waals surface area (Å²) in [5.74, 6) is -0.0216. The van der Waals surface area contributed by atoms with Crippen LogP contribution in [0.15, 0.2) is 42.6 Å². The Morgan fingerprint density at radius 3 is 2.75 bits per heavy atom. The molecule has 0 radical (unpaired) electrons. The summed E-state index contributed by atoms with van der Waals surface area (Å²) in [5.41, 5.74) is 7.21. The number of nitrogens with zero attached hydrogens (tertiary/aromatic N) is 5. The number of rotatable bonds is 7. The number of halogens is 1. The third kappa shape index (κ3) is 3.88. The van der Waals surface area contributed by atoms with Gasteiger partial charge in [0, 0.05) is 18.8 Å². The van der Waals surface area contributed by atoms with E-state index in [0.717, 1.165) is 0 Å². The van der Waals surface area contributed by atoms with Crippen molar-refractivity contribution in [3.8, 4) is 11.8 Å². The molecule has 10 heteroatoms. The number of nitrogens with one attached hydrogen (secondary N) is 1. The van der Waals surface area contributed by atoms with E-state index in [1.807, 2.05) is 6.07 Å². The molecule has 0 saturated heterocycles. The second-order valence-corrected chi connectivity index (χ2v) is 5.87. The molecule has 3 rings (SSSR count). The second kappa shape index (κ2) is 8.13. The second-order valence-electron chi connectivity index (χ2n) is 5.87. The van der Waals surface area contributed by atoms with Crippen molar-refractivity contribution in [1.29, 1.82) is 5.26 Å². The molecule has 3 aromatic rings. The lowest BCUT2D eigenvalue weighted by Crippen LogP contribution is -2.07. The number of nitro groups is 1. The van der Waals surface area contributed by atoms with Gasteiger partial charge in [-0.2, -0.15) is 10.4 Å². The SMILES string of the molecule is N#Cc1c(CCCNc2ncccc2[N+](=O)[O-])nn(-c2ccc(F)cc2)c1N. The Morgan fingerprint density at radius 1 is 1.32 bits per heavy atom. The third-order valence-electron chi connectivity index (χ3n) is 4.04. The summed E-state index contributed by atoms with van der Waals surface area (Å²) in [7, 11) is 0. The van der Waals surface area contributed by atoms with E-state index < -0.39 is 4.92 Å². The molecule has 1 aromatic carbocycles. The lowest BCUT2D eigenvalue weighted by molar-refractivity contribution is -0.384. The van der Waals surface area contributed by atoms with Gasteiger partial charge in [0.05, 0.1) is 16.3 Å². The zero-order chi connectivity index (χ0) is 20.1. The van der Waals surface area contributed by atoms with Crippen molar-refractivity contribution in [3.63, 3.8) is 0 Å². The van der Waals surface area contributed by atoms with Gasteiger partial charge in [-0.1, -0.05) is 0 Å². The van der Waals surface area contributed by atoms with E-state index in [1.54, 1.807) is 0 Å². The number of pyridine rings is 1. The van der Waals surface area contributed by atoms with Gasteiger partial charge in [-0.15, -0.1) is 0 Å². The summed E-state index contributed by atoms with van der Waals surface area (Å²) in [6.07, 6.45) is 2.44. The maximum absolute atomic E-state index is 13.1. The first kappa shape index (κ1) is 18.8. The number of benzene rings is 1. The van der Waals surface area contributed by atoms with Crippen LogP contribution >= 0.6 is 0 Å². The Balaban J connectivity index is 1.70. The van der Waals surface area contributed by atoms with E-state index in [4.69, 9.17) is 5.73 Å². The van der Waals surface area contributed by atoms with Gasteiger partial charge < -0.3 is 11.1 Å². The number of nitrogen functional groups attached to an aromatic ring is 1. The molecule has 0 aliphatic heterocycles. The average molecular weight is 381 g/mol. The van der Waals surface area contributed by atoms with Crippen LogP contribution in [-0.2, 0) is 6.42 Å². The molecule has 2 heterocycles. The number of hydrogen-bond acceptors (Lipinski definition) is 7. The van der Waals surface area contributed by atoms with Crippen LogP contribution < -0.4 is 11.1 Å². The van der Waals surface area contributed by atoms with Crippen LogP contribution in [0.4, 0.5) is 21.7 Å². The number of hydrogen-bond donors (Lipinski definition) is 2. The first-order chi connectivity index (χ1) is 13.5. The summed E-state index contributed by atoms with van der Waals surface area (Å²) in [4.78, 5) is 14.5. The van der Waals surface area contributed by atoms with Crippen molar-refractivity contribution in [2.45, 2.75) is 12.8 Å². The maximum Gasteiger partial charge on any atom is 0.311 e. The Bertz CT molecular complexity index is 1040.